The highest BCUT2D eigenvalue weighted by Gasteiger charge is 2.28. The number of nitrogens with zero attached hydrogens (tertiary/aromatic N) is 2. The highest BCUT2D eigenvalue weighted by molar-refractivity contribution is 6.31. The van der Waals surface area contributed by atoms with Gasteiger partial charge in [-0.15, -0.1) is 0 Å². The molecule has 1 aromatic rings. The van der Waals surface area contributed by atoms with Gasteiger partial charge >= 0.3 is 6.03 Å². The number of carbonyl (C=O) groups excluding carboxylic acids is 2. The van der Waals surface area contributed by atoms with Crippen LogP contribution in [0.3, 0.4) is 0 Å². The van der Waals surface area contributed by atoms with Crippen LogP contribution in [0.4, 0.5) is 9.18 Å². The van der Waals surface area contributed by atoms with Gasteiger partial charge in [0, 0.05) is 49.7 Å². The molecule has 1 fully saturated rings. The van der Waals surface area contributed by atoms with Crippen molar-refractivity contribution in [1.82, 2.24) is 15.1 Å². The molecule has 1 aliphatic rings. The van der Waals surface area contributed by atoms with E-state index in [9.17, 15) is 14.0 Å². The van der Waals surface area contributed by atoms with E-state index in [0.29, 0.717) is 43.2 Å². The lowest BCUT2D eigenvalue weighted by molar-refractivity contribution is -0.131. The van der Waals surface area contributed by atoms with Crippen LogP contribution >= 0.6 is 11.6 Å². The molecule has 1 aliphatic heterocycles. The van der Waals surface area contributed by atoms with Crippen LogP contribution in [0.15, 0.2) is 18.2 Å². The molecule has 0 aliphatic carbocycles. The zero-order valence-corrected chi connectivity index (χ0v) is 14.1. The fourth-order valence-electron chi connectivity index (χ4n) is 2.71. The van der Waals surface area contributed by atoms with E-state index in [-0.39, 0.29) is 23.8 Å². The molecule has 0 saturated carbocycles. The summed E-state index contributed by atoms with van der Waals surface area (Å²) < 4.78 is 13.7. The van der Waals surface area contributed by atoms with Gasteiger partial charge in [-0.1, -0.05) is 17.7 Å². The van der Waals surface area contributed by atoms with E-state index in [2.05, 4.69) is 5.32 Å². The van der Waals surface area contributed by atoms with Crippen molar-refractivity contribution in [2.45, 2.75) is 26.3 Å². The van der Waals surface area contributed by atoms with Gasteiger partial charge in [-0.05, 0) is 25.5 Å². The van der Waals surface area contributed by atoms with Crippen LogP contribution in [0.2, 0.25) is 5.02 Å². The third kappa shape index (κ3) is 4.34. The van der Waals surface area contributed by atoms with Gasteiger partial charge in [0.1, 0.15) is 5.82 Å². The number of benzene rings is 1. The number of hydrogen-bond donors (Lipinski definition) is 1. The summed E-state index contributed by atoms with van der Waals surface area (Å²) >= 11 is 5.96. The number of halogens is 2. The Kier molecular flexibility index (Phi) is 5.82. The van der Waals surface area contributed by atoms with E-state index in [1.807, 2.05) is 6.92 Å². The number of nitrogens with one attached hydrogen (secondary N) is 1. The largest absolute Gasteiger partial charge is 0.339 e. The van der Waals surface area contributed by atoms with Gasteiger partial charge in [-0.25, -0.2) is 9.18 Å². The van der Waals surface area contributed by atoms with E-state index < -0.39 is 0 Å². The molecule has 1 saturated heterocycles. The lowest BCUT2D eigenvalue weighted by Gasteiger charge is -2.39. The van der Waals surface area contributed by atoms with Gasteiger partial charge in [0.25, 0.3) is 0 Å². The number of carbonyl (C=O) groups is 2. The molecule has 0 unspecified atom stereocenters. The molecule has 3 amide bonds. The first kappa shape index (κ1) is 17.5. The van der Waals surface area contributed by atoms with E-state index in [0.717, 1.165) is 0 Å². The molecule has 0 bridgehead atoms. The molecule has 1 N–H and O–H groups in total. The lowest BCUT2D eigenvalue weighted by atomic mass is 10.1. The predicted octanol–water partition coefficient (Wildman–Crippen LogP) is 2.28. The van der Waals surface area contributed by atoms with E-state index >= 15 is 0 Å². The van der Waals surface area contributed by atoms with Crippen LogP contribution in [0.25, 0.3) is 0 Å². The van der Waals surface area contributed by atoms with Crippen molar-refractivity contribution >= 4 is 23.5 Å². The van der Waals surface area contributed by atoms with Crippen molar-refractivity contribution in [3.63, 3.8) is 0 Å². The minimum Gasteiger partial charge on any atom is -0.339 e. The monoisotopic (exact) mass is 341 g/mol. The minimum atomic E-state index is -0.366. The number of piperazine rings is 1. The topological polar surface area (TPSA) is 52.7 Å². The quantitative estimate of drug-likeness (QED) is 0.917. The lowest BCUT2D eigenvalue weighted by Crippen LogP contribution is -2.57. The Labute approximate surface area is 140 Å². The van der Waals surface area contributed by atoms with Crippen molar-refractivity contribution < 1.29 is 14.0 Å². The first-order valence-corrected chi connectivity index (χ1v) is 8.00. The second-order valence-electron chi connectivity index (χ2n) is 5.69. The van der Waals surface area contributed by atoms with Crippen molar-refractivity contribution in [2.24, 2.45) is 0 Å². The molecule has 5 nitrogen and oxygen atoms in total. The summed E-state index contributed by atoms with van der Waals surface area (Å²) in [4.78, 5) is 27.0. The Morgan fingerprint density at radius 1 is 1.39 bits per heavy atom. The normalized spacial score (nSPS) is 18.0. The average Bonchev–Trinajstić information content (AvgIpc) is 2.49. The molecule has 1 atom stereocenters. The van der Waals surface area contributed by atoms with Gasteiger partial charge in [-0.3, -0.25) is 4.79 Å². The van der Waals surface area contributed by atoms with Crippen LogP contribution in [0, 0.1) is 5.82 Å². The van der Waals surface area contributed by atoms with Gasteiger partial charge in [0.2, 0.25) is 5.91 Å². The Bertz CT molecular complexity index is 576. The molecule has 7 heteroatoms. The third-order valence-corrected chi connectivity index (χ3v) is 4.40. The number of hydrogen-bond acceptors (Lipinski definition) is 2. The molecule has 1 heterocycles. The highest BCUT2D eigenvalue weighted by Crippen LogP contribution is 2.19. The maximum absolute atomic E-state index is 13.7. The standard InChI is InChI=1S/C16H21ClFN3O2/c1-11-10-20(12(2)22)8-9-21(11)16(23)19-7-6-13-14(17)4-3-5-15(13)18/h3-5,11H,6-10H2,1-2H3,(H,19,23)/t11-/m1/s1. The molecule has 0 radical (unpaired) electrons. The zero-order valence-electron chi connectivity index (χ0n) is 13.3. The van der Waals surface area contributed by atoms with Gasteiger partial charge in [0.15, 0.2) is 0 Å². The van der Waals surface area contributed by atoms with Crippen molar-refractivity contribution in [3.05, 3.63) is 34.6 Å². The summed E-state index contributed by atoms with van der Waals surface area (Å²) in [5, 5.41) is 3.15. The van der Waals surface area contributed by atoms with Crippen molar-refractivity contribution in [2.75, 3.05) is 26.2 Å². The SMILES string of the molecule is CC(=O)N1CCN(C(=O)NCCc2c(F)cccc2Cl)[C@H](C)C1. The van der Waals surface area contributed by atoms with E-state index in [1.165, 1.54) is 13.0 Å². The molecule has 23 heavy (non-hydrogen) atoms. The number of urea groups is 1. The Morgan fingerprint density at radius 2 is 2.13 bits per heavy atom. The summed E-state index contributed by atoms with van der Waals surface area (Å²) in [6.45, 7) is 5.29. The Balaban J connectivity index is 1.85. The molecule has 0 spiro atoms. The summed E-state index contributed by atoms with van der Waals surface area (Å²) in [7, 11) is 0. The second kappa shape index (κ2) is 7.64. The summed E-state index contributed by atoms with van der Waals surface area (Å²) in [6, 6.07) is 4.28. The van der Waals surface area contributed by atoms with Crippen molar-refractivity contribution in [1.29, 1.82) is 0 Å². The van der Waals surface area contributed by atoms with Crippen LogP contribution < -0.4 is 5.32 Å². The summed E-state index contributed by atoms with van der Waals surface area (Å²) in [5.41, 5.74) is 0.406. The van der Waals surface area contributed by atoms with Gasteiger partial charge in [-0.2, -0.15) is 0 Å². The number of rotatable bonds is 3. The van der Waals surface area contributed by atoms with Crippen LogP contribution in [0.5, 0.6) is 0 Å². The second-order valence-corrected chi connectivity index (χ2v) is 6.10. The molecule has 1 aromatic carbocycles. The van der Waals surface area contributed by atoms with Crippen LogP contribution in [-0.2, 0) is 11.2 Å². The molecule has 126 valence electrons. The van der Waals surface area contributed by atoms with E-state index in [1.54, 1.807) is 21.9 Å². The molecule has 0 aromatic heterocycles. The van der Waals surface area contributed by atoms with Crippen LogP contribution in [0.1, 0.15) is 19.4 Å². The average molecular weight is 342 g/mol. The van der Waals surface area contributed by atoms with Crippen LogP contribution in [-0.4, -0.2) is 54.0 Å². The summed E-state index contributed by atoms with van der Waals surface area (Å²) in [6.07, 6.45) is 0.332. The maximum atomic E-state index is 13.7. The first-order valence-electron chi connectivity index (χ1n) is 7.63. The zero-order chi connectivity index (χ0) is 17.0. The molecular weight excluding hydrogens is 321 g/mol. The molecular formula is C16H21ClFN3O2. The number of amides is 3. The fraction of sp³-hybridized carbons (Fsp3) is 0.500. The molecule has 2 rings (SSSR count). The van der Waals surface area contributed by atoms with E-state index in [4.69, 9.17) is 11.6 Å². The first-order chi connectivity index (χ1) is 10.9. The maximum Gasteiger partial charge on any atom is 0.317 e. The summed E-state index contributed by atoms with van der Waals surface area (Å²) in [5.74, 6) is -0.346. The van der Waals surface area contributed by atoms with Gasteiger partial charge < -0.3 is 15.1 Å². The smallest absolute Gasteiger partial charge is 0.317 e. The van der Waals surface area contributed by atoms with Gasteiger partial charge in [0.05, 0.1) is 0 Å². The van der Waals surface area contributed by atoms with Crippen molar-refractivity contribution in [3.8, 4) is 0 Å². The minimum absolute atomic E-state index is 0.0195. The Morgan fingerprint density at radius 3 is 2.74 bits per heavy atom. The highest BCUT2D eigenvalue weighted by atomic mass is 35.5. The third-order valence-electron chi connectivity index (χ3n) is 4.05. The Hall–Kier alpha value is -1.82. The predicted molar refractivity (Wildman–Crippen MR) is 86.9 cm³/mol. The fourth-order valence-corrected chi connectivity index (χ4v) is 2.97.